The van der Waals surface area contributed by atoms with Crippen molar-refractivity contribution in [3.63, 3.8) is 0 Å². The number of carbonyl (C=O) groups is 2. The van der Waals surface area contributed by atoms with Crippen molar-refractivity contribution >= 4 is 22.8 Å². The third kappa shape index (κ3) is 5.88. The van der Waals surface area contributed by atoms with Gasteiger partial charge in [-0.2, -0.15) is 13.2 Å². The number of alkyl halides is 3. The first-order valence-electron chi connectivity index (χ1n) is 12.8. The minimum Gasteiger partial charge on any atom is -0.478 e. The molecule has 0 aliphatic heterocycles. The van der Waals surface area contributed by atoms with E-state index in [-0.39, 0.29) is 17.7 Å². The van der Waals surface area contributed by atoms with Gasteiger partial charge in [0.15, 0.2) is 11.6 Å². The molecular formula is C32H23F5N2O3. The SMILES string of the molecule is C[C@@H](NC(=O)c1cc(-c2ccc(F)c(F)c2)cc2ccn(Cc3ccc(C(F)(F)F)cc3)c12)c1ccc(C(=O)O)cc1. The number of nitrogens with one attached hydrogen (secondary N) is 1. The zero-order valence-electron chi connectivity index (χ0n) is 22.0. The van der Waals surface area contributed by atoms with Gasteiger partial charge in [-0.05, 0) is 83.8 Å². The average molecular weight is 579 g/mol. The molecule has 5 aromatic rings. The van der Waals surface area contributed by atoms with Crippen LogP contribution in [0.5, 0.6) is 0 Å². The second-order valence-corrected chi connectivity index (χ2v) is 9.85. The molecular weight excluding hydrogens is 555 g/mol. The van der Waals surface area contributed by atoms with E-state index in [1.54, 1.807) is 48.0 Å². The van der Waals surface area contributed by atoms with Gasteiger partial charge >= 0.3 is 12.1 Å². The number of fused-ring (bicyclic) bond motifs is 1. The summed E-state index contributed by atoms with van der Waals surface area (Å²) >= 11 is 0. The predicted molar refractivity (Wildman–Crippen MR) is 147 cm³/mol. The number of hydrogen-bond donors (Lipinski definition) is 2. The summed E-state index contributed by atoms with van der Waals surface area (Å²) < 4.78 is 68.5. The Labute approximate surface area is 236 Å². The van der Waals surface area contributed by atoms with Crippen molar-refractivity contribution in [3.05, 3.63) is 131 Å². The fourth-order valence-corrected chi connectivity index (χ4v) is 4.76. The molecule has 1 heterocycles. The highest BCUT2D eigenvalue weighted by Gasteiger charge is 2.30. The summed E-state index contributed by atoms with van der Waals surface area (Å²) in [4.78, 5) is 24.9. The van der Waals surface area contributed by atoms with Crippen LogP contribution in [-0.4, -0.2) is 21.6 Å². The maximum Gasteiger partial charge on any atom is 0.416 e. The van der Waals surface area contributed by atoms with Crippen LogP contribution in [0.15, 0.2) is 91.1 Å². The van der Waals surface area contributed by atoms with E-state index in [9.17, 15) is 31.5 Å². The predicted octanol–water partition coefficient (Wildman–Crippen LogP) is 7.84. The zero-order valence-corrected chi connectivity index (χ0v) is 22.0. The van der Waals surface area contributed by atoms with E-state index >= 15 is 0 Å². The van der Waals surface area contributed by atoms with Crippen LogP contribution in [0.3, 0.4) is 0 Å². The number of carboxylic acid groups (broad SMARTS) is 1. The van der Waals surface area contributed by atoms with Gasteiger partial charge in [-0.25, -0.2) is 13.6 Å². The molecule has 0 radical (unpaired) electrons. The number of benzene rings is 4. The lowest BCUT2D eigenvalue weighted by Crippen LogP contribution is -2.27. The van der Waals surface area contributed by atoms with Gasteiger partial charge in [-0.1, -0.05) is 30.3 Å². The lowest BCUT2D eigenvalue weighted by molar-refractivity contribution is -0.137. The van der Waals surface area contributed by atoms with Crippen molar-refractivity contribution in [2.45, 2.75) is 25.7 Å². The van der Waals surface area contributed by atoms with Crippen molar-refractivity contribution < 1.29 is 36.6 Å². The van der Waals surface area contributed by atoms with Crippen LogP contribution in [0.25, 0.3) is 22.0 Å². The maximum atomic E-state index is 14.1. The van der Waals surface area contributed by atoms with Crippen LogP contribution >= 0.6 is 0 Å². The van der Waals surface area contributed by atoms with Crippen LogP contribution in [0.1, 0.15) is 50.4 Å². The highest BCUT2D eigenvalue weighted by atomic mass is 19.4. The second-order valence-electron chi connectivity index (χ2n) is 9.85. The third-order valence-electron chi connectivity index (χ3n) is 7.00. The summed E-state index contributed by atoms with van der Waals surface area (Å²) in [5.74, 6) is -3.63. The lowest BCUT2D eigenvalue weighted by Gasteiger charge is -2.17. The molecule has 0 unspecified atom stereocenters. The molecule has 4 aromatic carbocycles. The van der Waals surface area contributed by atoms with Gasteiger partial charge < -0.3 is 15.0 Å². The summed E-state index contributed by atoms with van der Waals surface area (Å²) in [6.07, 6.45) is -2.77. The van der Waals surface area contributed by atoms with Crippen molar-refractivity contribution in [1.82, 2.24) is 9.88 Å². The van der Waals surface area contributed by atoms with Gasteiger partial charge in [-0.3, -0.25) is 4.79 Å². The third-order valence-corrected chi connectivity index (χ3v) is 7.00. The Morgan fingerprint density at radius 1 is 0.857 bits per heavy atom. The molecule has 0 saturated carbocycles. The Kier molecular flexibility index (Phi) is 7.55. The van der Waals surface area contributed by atoms with Crippen molar-refractivity contribution in [2.75, 3.05) is 0 Å². The van der Waals surface area contributed by atoms with E-state index in [1.807, 2.05) is 0 Å². The van der Waals surface area contributed by atoms with Crippen molar-refractivity contribution in [3.8, 4) is 11.1 Å². The van der Waals surface area contributed by atoms with Crippen molar-refractivity contribution in [2.24, 2.45) is 0 Å². The summed E-state index contributed by atoms with van der Waals surface area (Å²) in [6.45, 7) is 1.89. The fourth-order valence-electron chi connectivity index (χ4n) is 4.76. The van der Waals surface area contributed by atoms with Crippen LogP contribution in [0.4, 0.5) is 22.0 Å². The van der Waals surface area contributed by atoms with Crippen molar-refractivity contribution in [1.29, 1.82) is 0 Å². The molecule has 1 amide bonds. The van der Waals surface area contributed by atoms with E-state index in [1.165, 1.54) is 30.3 Å². The Balaban J connectivity index is 1.54. The van der Waals surface area contributed by atoms with Gasteiger partial charge in [0.25, 0.3) is 5.91 Å². The molecule has 214 valence electrons. The number of carbonyl (C=O) groups excluding carboxylic acids is 1. The van der Waals surface area contributed by atoms with E-state index in [2.05, 4.69) is 5.32 Å². The van der Waals surface area contributed by atoms with Gasteiger partial charge in [-0.15, -0.1) is 0 Å². The Morgan fingerprint density at radius 2 is 1.55 bits per heavy atom. The number of halogens is 5. The first kappa shape index (κ1) is 28.5. The van der Waals surface area contributed by atoms with Gasteiger partial charge in [0.2, 0.25) is 0 Å². The summed E-state index contributed by atoms with van der Waals surface area (Å²) in [5, 5.41) is 12.7. The molecule has 10 heteroatoms. The van der Waals surface area contributed by atoms with Crippen LogP contribution in [0, 0.1) is 11.6 Å². The van der Waals surface area contributed by atoms with Gasteiger partial charge in [0.1, 0.15) is 0 Å². The average Bonchev–Trinajstić information content (AvgIpc) is 3.36. The topological polar surface area (TPSA) is 71.3 Å². The van der Waals surface area contributed by atoms with Crippen LogP contribution < -0.4 is 5.32 Å². The number of hydrogen-bond acceptors (Lipinski definition) is 2. The smallest absolute Gasteiger partial charge is 0.416 e. The molecule has 1 aromatic heterocycles. The molecule has 0 spiro atoms. The summed E-state index contributed by atoms with van der Waals surface area (Å²) in [5.41, 5.74) is 2.05. The molecule has 0 fully saturated rings. The normalized spacial score (nSPS) is 12.3. The first-order valence-corrected chi connectivity index (χ1v) is 12.8. The number of nitrogens with zero attached hydrogens (tertiary/aromatic N) is 1. The van der Waals surface area contributed by atoms with Crippen LogP contribution in [-0.2, 0) is 12.7 Å². The van der Waals surface area contributed by atoms with Gasteiger partial charge in [0, 0.05) is 18.1 Å². The highest BCUT2D eigenvalue weighted by molar-refractivity contribution is 6.08. The maximum absolute atomic E-state index is 14.1. The number of amides is 1. The number of aromatic nitrogens is 1. The van der Waals surface area contributed by atoms with E-state index in [4.69, 9.17) is 5.11 Å². The Hall–Kier alpha value is -4.99. The monoisotopic (exact) mass is 578 g/mol. The minimum absolute atomic E-state index is 0.0966. The van der Waals surface area contributed by atoms with Gasteiger partial charge in [0.05, 0.1) is 28.2 Å². The second kappa shape index (κ2) is 11.1. The molecule has 1 atom stereocenters. The number of rotatable bonds is 7. The zero-order chi connectivity index (χ0) is 30.2. The quantitative estimate of drug-likeness (QED) is 0.193. The minimum atomic E-state index is -4.47. The molecule has 0 aliphatic carbocycles. The fraction of sp³-hybridized carbons (Fsp3) is 0.125. The Bertz CT molecular complexity index is 1790. The Morgan fingerprint density at radius 3 is 2.17 bits per heavy atom. The summed E-state index contributed by atoms with van der Waals surface area (Å²) in [7, 11) is 0. The number of aromatic carboxylic acids is 1. The first-order chi connectivity index (χ1) is 19.9. The standard InChI is InChI=1S/C32H23F5N2O3/c1-18(20-4-6-21(7-5-20)31(41)42)38-30(40)26-15-24(22-8-11-27(33)28(34)16-22)14-23-12-13-39(29(23)26)17-19-2-9-25(10-3-19)32(35,36)37/h2-16,18H,17H2,1H3,(H,38,40)(H,41,42)/t18-/m1/s1. The molecule has 0 saturated heterocycles. The highest BCUT2D eigenvalue weighted by Crippen LogP contribution is 2.32. The van der Waals surface area contributed by atoms with E-state index in [0.717, 1.165) is 24.3 Å². The lowest BCUT2D eigenvalue weighted by atomic mass is 9.99. The molecule has 5 rings (SSSR count). The summed E-state index contributed by atoms with van der Waals surface area (Å²) in [6, 6.07) is 18.7. The molecule has 5 nitrogen and oxygen atoms in total. The number of carboxylic acids is 1. The van der Waals surface area contributed by atoms with E-state index < -0.39 is 41.3 Å². The van der Waals surface area contributed by atoms with E-state index in [0.29, 0.717) is 33.2 Å². The molecule has 42 heavy (non-hydrogen) atoms. The molecule has 0 bridgehead atoms. The molecule has 2 N–H and O–H groups in total. The largest absolute Gasteiger partial charge is 0.478 e. The molecule has 0 aliphatic rings. The van der Waals surface area contributed by atoms with Crippen LogP contribution in [0.2, 0.25) is 0 Å².